The number of aryl methyl sites for hydroxylation is 1. The Balaban J connectivity index is 2.46. The van der Waals surface area contributed by atoms with E-state index in [0.717, 1.165) is 18.2 Å². The largest absolute Gasteiger partial charge is 0.405 e. The molecule has 21 heavy (non-hydrogen) atoms. The van der Waals surface area contributed by atoms with Crippen LogP contribution < -0.4 is 0 Å². The van der Waals surface area contributed by atoms with Gasteiger partial charge < -0.3 is 0 Å². The van der Waals surface area contributed by atoms with Crippen molar-refractivity contribution >= 4 is 10.0 Å². The lowest BCUT2D eigenvalue weighted by Gasteiger charge is -2.35. The minimum Gasteiger partial charge on any atom is -0.207 e. The van der Waals surface area contributed by atoms with E-state index < -0.39 is 28.1 Å². The maximum Gasteiger partial charge on any atom is 0.405 e. The van der Waals surface area contributed by atoms with Crippen LogP contribution in [0.5, 0.6) is 0 Å². The molecule has 1 saturated heterocycles. The summed E-state index contributed by atoms with van der Waals surface area (Å²) in [5.74, 6) is -0.627. The van der Waals surface area contributed by atoms with Gasteiger partial charge in [0.2, 0.25) is 10.0 Å². The highest BCUT2D eigenvalue weighted by Gasteiger charge is 2.49. The number of rotatable bonds is 2. The molecular formula is C13H15F4NO2S. The highest BCUT2D eigenvalue weighted by molar-refractivity contribution is 7.89. The van der Waals surface area contributed by atoms with Gasteiger partial charge in [-0.3, -0.25) is 0 Å². The maximum atomic E-state index is 13.1. The summed E-state index contributed by atoms with van der Waals surface area (Å²) in [6.07, 6.45) is -4.14. The summed E-state index contributed by atoms with van der Waals surface area (Å²) in [6, 6.07) is 0.939. The van der Waals surface area contributed by atoms with Gasteiger partial charge >= 0.3 is 6.18 Å². The van der Waals surface area contributed by atoms with E-state index in [2.05, 4.69) is 0 Å². The zero-order valence-electron chi connectivity index (χ0n) is 11.3. The Hall–Kier alpha value is -1.15. The van der Waals surface area contributed by atoms with Crippen LogP contribution in [0.4, 0.5) is 17.6 Å². The summed E-state index contributed by atoms with van der Waals surface area (Å²) in [5, 5.41) is 0. The van der Waals surface area contributed by atoms with Crippen molar-refractivity contribution in [2.75, 3.05) is 6.54 Å². The Morgan fingerprint density at radius 2 is 1.90 bits per heavy atom. The van der Waals surface area contributed by atoms with Crippen LogP contribution in [-0.2, 0) is 10.0 Å². The topological polar surface area (TPSA) is 37.4 Å². The Labute approximate surface area is 120 Å². The fraction of sp³-hybridized carbons (Fsp3) is 0.538. The average molecular weight is 325 g/mol. The van der Waals surface area contributed by atoms with E-state index >= 15 is 0 Å². The van der Waals surface area contributed by atoms with E-state index in [1.165, 1.54) is 6.92 Å². The number of piperidine rings is 1. The zero-order chi connectivity index (χ0) is 15.8. The van der Waals surface area contributed by atoms with E-state index in [1.807, 2.05) is 0 Å². The fourth-order valence-corrected chi connectivity index (χ4v) is 4.44. The molecule has 0 aromatic heterocycles. The third-order valence-corrected chi connectivity index (χ3v) is 5.62. The van der Waals surface area contributed by atoms with Crippen molar-refractivity contribution in [3.8, 4) is 0 Å². The van der Waals surface area contributed by atoms with Crippen molar-refractivity contribution in [2.45, 2.75) is 43.3 Å². The van der Waals surface area contributed by atoms with Gasteiger partial charge in [0.15, 0.2) is 0 Å². The number of sulfonamides is 1. The fourth-order valence-electron chi connectivity index (χ4n) is 2.55. The van der Waals surface area contributed by atoms with Crippen molar-refractivity contribution in [1.29, 1.82) is 0 Å². The molecule has 0 bridgehead atoms. The lowest BCUT2D eigenvalue weighted by atomic mass is 10.0. The van der Waals surface area contributed by atoms with Crippen molar-refractivity contribution in [2.24, 2.45) is 0 Å². The second kappa shape index (κ2) is 5.57. The number of hydrogen-bond donors (Lipinski definition) is 0. The minimum absolute atomic E-state index is 0.0986. The van der Waals surface area contributed by atoms with Gasteiger partial charge in [0.25, 0.3) is 0 Å². The molecule has 0 N–H and O–H groups in total. The van der Waals surface area contributed by atoms with Crippen molar-refractivity contribution in [1.82, 2.24) is 4.31 Å². The van der Waals surface area contributed by atoms with Crippen LogP contribution in [0.25, 0.3) is 0 Å². The summed E-state index contributed by atoms with van der Waals surface area (Å²) < 4.78 is 77.6. The Bertz CT molecular complexity index is 628. The van der Waals surface area contributed by atoms with Crippen LogP contribution in [0.3, 0.4) is 0 Å². The van der Waals surface area contributed by atoms with Crippen LogP contribution in [-0.4, -0.2) is 31.5 Å². The normalized spacial score (nSPS) is 21.5. The first-order valence-corrected chi connectivity index (χ1v) is 7.93. The first-order chi connectivity index (χ1) is 9.64. The molecule has 0 aliphatic carbocycles. The number of hydrogen-bond acceptors (Lipinski definition) is 2. The molecule has 1 aromatic carbocycles. The van der Waals surface area contributed by atoms with Crippen LogP contribution in [0, 0.1) is 12.7 Å². The molecular weight excluding hydrogens is 310 g/mol. The highest BCUT2D eigenvalue weighted by Crippen LogP contribution is 2.36. The Morgan fingerprint density at radius 1 is 1.24 bits per heavy atom. The molecule has 1 atom stereocenters. The Kier molecular flexibility index (Phi) is 4.30. The number of benzene rings is 1. The smallest absolute Gasteiger partial charge is 0.207 e. The third kappa shape index (κ3) is 3.21. The zero-order valence-corrected chi connectivity index (χ0v) is 12.1. The quantitative estimate of drug-likeness (QED) is 0.783. The number of nitrogens with zero attached hydrogens (tertiary/aromatic N) is 1. The van der Waals surface area contributed by atoms with E-state index in [4.69, 9.17) is 0 Å². The molecule has 0 radical (unpaired) electrons. The van der Waals surface area contributed by atoms with Gasteiger partial charge in [-0.1, -0.05) is 6.42 Å². The summed E-state index contributed by atoms with van der Waals surface area (Å²) in [7, 11) is -4.30. The predicted octanol–water partition coefficient (Wildman–Crippen LogP) is 3.24. The summed E-state index contributed by atoms with van der Waals surface area (Å²) in [4.78, 5) is -0.278. The van der Waals surface area contributed by atoms with Gasteiger partial charge in [0.1, 0.15) is 11.9 Å². The van der Waals surface area contributed by atoms with Crippen LogP contribution >= 0.6 is 0 Å². The molecule has 1 fully saturated rings. The lowest BCUT2D eigenvalue weighted by molar-refractivity contribution is -0.177. The molecule has 1 aliphatic heterocycles. The lowest BCUT2D eigenvalue weighted by Crippen LogP contribution is -2.51. The minimum atomic E-state index is -4.61. The first kappa shape index (κ1) is 16.2. The van der Waals surface area contributed by atoms with Gasteiger partial charge in [0.05, 0.1) is 4.90 Å². The van der Waals surface area contributed by atoms with Crippen molar-refractivity contribution in [3.63, 3.8) is 0 Å². The summed E-state index contributed by atoms with van der Waals surface area (Å²) in [6.45, 7) is 1.19. The molecule has 8 heteroatoms. The summed E-state index contributed by atoms with van der Waals surface area (Å²) >= 11 is 0. The van der Waals surface area contributed by atoms with Crippen molar-refractivity contribution < 1.29 is 26.0 Å². The predicted molar refractivity (Wildman–Crippen MR) is 68.7 cm³/mol. The van der Waals surface area contributed by atoms with E-state index in [-0.39, 0.29) is 23.4 Å². The molecule has 0 saturated carbocycles. The molecule has 2 rings (SSSR count). The standard InChI is InChI=1S/C13H15F4NO2S/c1-9-8-10(14)5-6-11(9)21(19,20)18-7-3-2-4-12(18)13(15,16)17/h5-6,8,12H,2-4,7H2,1H3. The second-order valence-electron chi connectivity index (χ2n) is 5.08. The molecule has 1 aromatic rings. The van der Waals surface area contributed by atoms with Crippen LogP contribution in [0.15, 0.2) is 23.1 Å². The maximum absolute atomic E-state index is 13.1. The van der Waals surface area contributed by atoms with Gasteiger partial charge in [-0.15, -0.1) is 0 Å². The van der Waals surface area contributed by atoms with E-state index in [9.17, 15) is 26.0 Å². The third-order valence-electron chi connectivity index (χ3n) is 3.56. The van der Waals surface area contributed by atoms with Crippen LogP contribution in [0.1, 0.15) is 24.8 Å². The molecule has 1 unspecified atom stereocenters. The van der Waals surface area contributed by atoms with Gasteiger partial charge in [-0.25, -0.2) is 12.8 Å². The Morgan fingerprint density at radius 3 is 2.48 bits per heavy atom. The molecule has 1 aliphatic rings. The summed E-state index contributed by atoms with van der Waals surface area (Å²) in [5.41, 5.74) is 0.0986. The second-order valence-corrected chi connectivity index (χ2v) is 6.94. The number of halogens is 4. The first-order valence-electron chi connectivity index (χ1n) is 6.49. The number of alkyl halides is 3. The molecule has 3 nitrogen and oxygen atoms in total. The van der Waals surface area contributed by atoms with Crippen molar-refractivity contribution in [3.05, 3.63) is 29.6 Å². The molecule has 0 amide bonds. The monoisotopic (exact) mass is 325 g/mol. The van der Waals surface area contributed by atoms with Crippen LogP contribution in [0.2, 0.25) is 0 Å². The SMILES string of the molecule is Cc1cc(F)ccc1S(=O)(=O)N1CCCCC1C(F)(F)F. The van der Waals surface area contributed by atoms with E-state index in [1.54, 1.807) is 0 Å². The average Bonchev–Trinajstić information content (AvgIpc) is 2.37. The van der Waals surface area contributed by atoms with Gasteiger partial charge in [-0.05, 0) is 43.5 Å². The molecule has 1 heterocycles. The van der Waals surface area contributed by atoms with Gasteiger partial charge in [0, 0.05) is 6.54 Å². The van der Waals surface area contributed by atoms with E-state index in [0.29, 0.717) is 17.1 Å². The molecule has 0 spiro atoms. The molecule has 118 valence electrons. The highest BCUT2D eigenvalue weighted by atomic mass is 32.2. The van der Waals surface area contributed by atoms with Gasteiger partial charge in [-0.2, -0.15) is 17.5 Å².